The Morgan fingerprint density at radius 3 is 2.48 bits per heavy atom. The molecule has 268 valence electrons. The molecule has 2 saturated heterocycles. The molecule has 0 spiro atoms. The van der Waals surface area contributed by atoms with Gasteiger partial charge in [0.2, 0.25) is 23.5 Å². The molecule has 7 aliphatic rings. The monoisotopic (exact) mass is 718 g/mol. The van der Waals surface area contributed by atoms with Crippen LogP contribution in [0.3, 0.4) is 0 Å². The first-order valence-corrected chi connectivity index (χ1v) is 18.3. The number of hydrogen-bond acceptors (Lipinski definition) is 8. The average Bonchev–Trinajstić information content (AvgIpc) is 3.85. The molecule has 2 unspecified atom stereocenters. The van der Waals surface area contributed by atoms with Gasteiger partial charge in [0.25, 0.3) is 0 Å². The fourth-order valence-electron chi connectivity index (χ4n) is 10.7. The lowest BCUT2D eigenvalue weighted by Crippen LogP contribution is -2.68. The molecular weight excluding hydrogens is 680 g/mol. The van der Waals surface area contributed by atoms with Crippen LogP contribution in [0.15, 0.2) is 18.5 Å². The van der Waals surface area contributed by atoms with Crippen LogP contribution in [-0.2, 0) is 19.2 Å². The highest BCUT2D eigenvalue weighted by atomic mass is 32.1. The third-order valence-electron chi connectivity index (χ3n) is 12.3. The number of alkyl halides is 4. The number of amides is 4. The highest BCUT2D eigenvalue weighted by molar-refractivity contribution is 7.20. The number of thiazole rings is 1. The number of Topliss-reactive ketones (excluding diaryl/α,β-unsaturated/α-hetero) is 1. The Labute approximate surface area is 288 Å². The van der Waals surface area contributed by atoms with Gasteiger partial charge >= 0.3 is 12.1 Å². The summed E-state index contributed by atoms with van der Waals surface area (Å²) in [6.07, 6.45) is 1.64. The number of rotatable bonds is 9. The van der Waals surface area contributed by atoms with Crippen molar-refractivity contribution in [2.45, 2.75) is 107 Å². The fraction of sp³-hybridized carbons (Fsp3) is 0.676. The predicted molar refractivity (Wildman–Crippen MR) is 170 cm³/mol. The molecule has 9 rings (SSSR count). The quantitative estimate of drug-likeness (QED) is 0.265. The van der Waals surface area contributed by atoms with Gasteiger partial charge < -0.3 is 20.9 Å². The molecule has 2 aliphatic heterocycles. The number of pyridine rings is 1. The normalized spacial score (nSPS) is 35.3. The number of nitrogens with one attached hydrogen (secondary N) is 3. The summed E-state index contributed by atoms with van der Waals surface area (Å²) in [4.78, 5) is 77.8. The Morgan fingerprint density at radius 2 is 1.82 bits per heavy atom. The molecular formula is C34H38F4N6O5S. The van der Waals surface area contributed by atoms with Crippen molar-refractivity contribution in [1.82, 2.24) is 30.8 Å². The molecule has 8 atom stereocenters. The second kappa shape index (κ2) is 11.9. The van der Waals surface area contributed by atoms with E-state index in [0.717, 1.165) is 17.8 Å². The van der Waals surface area contributed by atoms with Crippen LogP contribution in [-0.4, -0.2) is 86.8 Å². The molecule has 6 bridgehead atoms. The van der Waals surface area contributed by atoms with Gasteiger partial charge in [-0.15, -0.1) is 11.3 Å². The average molecular weight is 719 g/mol. The van der Waals surface area contributed by atoms with E-state index in [-0.39, 0.29) is 41.5 Å². The highest BCUT2D eigenvalue weighted by Crippen LogP contribution is 2.64. The van der Waals surface area contributed by atoms with Crippen LogP contribution in [0.4, 0.5) is 17.6 Å². The van der Waals surface area contributed by atoms with Gasteiger partial charge in [0.15, 0.2) is 5.01 Å². The van der Waals surface area contributed by atoms with Gasteiger partial charge in [-0.2, -0.15) is 13.2 Å². The lowest BCUT2D eigenvalue weighted by molar-refractivity contribution is -0.183. The van der Waals surface area contributed by atoms with Crippen molar-refractivity contribution in [2.24, 2.45) is 29.1 Å². The van der Waals surface area contributed by atoms with Crippen molar-refractivity contribution in [3.63, 3.8) is 0 Å². The summed E-state index contributed by atoms with van der Waals surface area (Å²) in [5.41, 5.74) is -2.33. The van der Waals surface area contributed by atoms with Crippen LogP contribution >= 0.6 is 11.3 Å². The number of carbonyl (C=O) groups is 5. The molecule has 0 radical (unpaired) electrons. The Hall–Kier alpha value is -3.69. The SMILES string of the molecule is O=C1NCC[C@H]1C[C@H](NC(=O)[C@@H]1[C@H]2CC[C@H](C2)N1C(=O)[C@@H](NC(=O)C(F)(F)F)C12CC3CC(CC(F)(C3)C1)C2)C(=O)c1nc2cnccc2s1. The van der Waals surface area contributed by atoms with Crippen LogP contribution in [0.25, 0.3) is 10.2 Å². The van der Waals surface area contributed by atoms with Gasteiger partial charge in [0.05, 0.1) is 16.9 Å². The van der Waals surface area contributed by atoms with Crippen LogP contribution < -0.4 is 16.0 Å². The van der Waals surface area contributed by atoms with Gasteiger partial charge in [-0.1, -0.05) is 0 Å². The summed E-state index contributed by atoms with van der Waals surface area (Å²) in [7, 11) is 0. The maximum atomic E-state index is 16.1. The number of piperidine rings is 1. The van der Waals surface area contributed by atoms with E-state index in [1.165, 1.54) is 11.1 Å². The smallest absolute Gasteiger partial charge is 0.356 e. The summed E-state index contributed by atoms with van der Waals surface area (Å²) in [6.45, 7) is 0.425. The van der Waals surface area contributed by atoms with Gasteiger partial charge in [0.1, 0.15) is 23.3 Å². The summed E-state index contributed by atoms with van der Waals surface area (Å²) < 4.78 is 58.0. The lowest BCUT2D eigenvalue weighted by atomic mass is 9.46. The van der Waals surface area contributed by atoms with E-state index in [4.69, 9.17) is 0 Å². The molecule has 2 aromatic heterocycles. The molecule has 11 nitrogen and oxygen atoms in total. The molecule has 5 aliphatic carbocycles. The van der Waals surface area contributed by atoms with Crippen LogP contribution in [0.5, 0.6) is 0 Å². The summed E-state index contributed by atoms with van der Waals surface area (Å²) >= 11 is 1.13. The zero-order chi connectivity index (χ0) is 35.2. The molecule has 2 aromatic rings. The third-order valence-corrected chi connectivity index (χ3v) is 13.3. The zero-order valence-electron chi connectivity index (χ0n) is 27.1. The number of fused-ring (bicyclic) bond motifs is 3. The molecule has 16 heteroatoms. The van der Waals surface area contributed by atoms with E-state index >= 15 is 4.39 Å². The van der Waals surface area contributed by atoms with Crippen molar-refractivity contribution in [3.8, 4) is 0 Å². The van der Waals surface area contributed by atoms with E-state index < -0.39 is 70.9 Å². The minimum absolute atomic E-state index is 0.00587. The van der Waals surface area contributed by atoms with Crippen molar-refractivity contribution < 1.29 is 41.5 Å². The van der Waals surface area contributed by atoms with Crippen LogP contribution in [0.1, 0.15) is 80.4 Å². The van der Waals surface area contributed by atoms with E-state index in [0.29, 0.717) is 68.1 Å². The number of aromatic nitrogens is 2. The molecule has 7 fully saturated rings. The van der Waals surface area contributed by atoms with E-state index in [1.54, 1.807) is 12.3 Å². The van der Waals surface area contributed by atoms with Gasteiger partial charge in [0, 0.05) is 30.1 Å². The van der Waals surface area contributed by atoms with Crippen molar-refractivity contribution in [2.75, 3.05) is 6.54 Å². The molecule has 5 saturated carbocycles. The minimum Gasteiger partial charge on any atom is -0.356 e. The molecule has 4 amide bonds. The standard InChI is InChI=1S/C34H38F4N6O5S/c35-33-12-16-7-17(13-33)11-32(10-16,15-33)26(43-31(49)34(36,37)38)30(48)44-20-2-1-18(8-20)24(44)28(47)41-21(9-19-3-6-40-27(19)46)25(45)29-42-22-14-39-5-4-23(22)50-29/h4-5,14,16-21,24,26H,1-3,6-13,15H2,(H,40,46)(H,41,47)(H,43,49)/t16?,17?,18-,19-,20+,21-,24-,26+,32?,33?/m0/s1. The second-order valence-corrected chi connectivity index (χ2v) is 16.6. The number of ketones is 1. The lowest BCUT2D eigenvalue weighted by Gasteiger charge is -2.61. The number of likely N-dealkylation sites (tertiary alicyclic amines) is 1. The minimum atomic E-state index is -5.27. The van der Waals surface area contributed by atoms with E-state index in [2.05, 4.69) is 20.6 Å². The van der Waals surface area contributed by atoms with Crippen molar-refractivity contribution in [1.29, 1.82) is 0 Å². The highest BCUT2D eigenvalue weighted by Gasteiger charge is 2.65. The Bertz CT molecular complexity index is 1720. The van der Waals surface area contributed by atoms with Crippen molar-refractivity contribution in [3.05, 3.63) is 23.5 Å². The Kier molecular flexibility index (Phi) is 7.99. The van der Waals surface area contributed by atoms with E-state index in [9.17, 15) is 37.1 Å². The summed E-state index contributed by atoms with van der Waals surface area (Å²) in [5.74, 6) is -5.57. The maximum Gasteiger partial charge on any atom is 0.471 e. The van der Waals surface area contributed by atoms with Crippen molar-refractivity contribution >= 4 is 51.0 Å². The number of halogens is 4. The molecule has 0 aromatic carbocycles. The second-order valence-electron chi connectivity index (χ2n) is 15.6. The molecule has 3 N–H and O–H groups in total. The topological polar surface area (TPSA) is 150 Å². The first kappa shape index (κ1) is 33.5. The predicted octanol–water partition coefficient (Wildman–Crippen LogP) is 3.62. The summed E-state index contributed by atoms with van der Waals surface area (Å²) in [6, 6.07) is -2.71. The van der Waals surface area contributed by atoms with Gasteiger partial charge in [-0.3, -0.25) is 29.0 Å². The number of nitrogens with zero attached hydrogens (tertiary/aromatic N) is 3. The maximum absolute atomic E-state index is 16.1. The van der Waals surface area contributed by atoms with Crippen LogP contribution in [0, 0.1) is 29.1 Å². The first-order valence-electron chi connectivity index (χ1n) is 17.4. The Morgan fingerprint density at radius 1 is 1.06 bits per heavy atom. The Balaban J connectivity index is 1.10. The third kappa shape index (κ3) is 5.74. The number of hydrogen-bond donors (Lipinski definition) is 3. The molecule has 50 heavy (non-hydrogen) atoms. The van der Waals surface area contributed by atoms with E-state index in [1.807, 2.05) is 5.32 Å². The zero-order valence-corrected chi connectivity index (χ0v) is 28.0. The first-order chi connectivity index (χ1) is 23.7. The van der Waals surface area contributed by atoms with Gasteiger partial charge in [-0.25, -0.2) is 9.37 Å². The largest absolute Gasteiger partial charge is 0.471 e. The summed E-state index contributed by atoms with van der Waals surface area (Å²) in [5, 5.41) is 7.70. The molecule has 4 heterocycles. The van der Waals surface area contributed by atoms with Crippen LogP contribution in [0.2, 0.25) is 0 Å². The van der Waals surface area contributed by atoms with Gasteiger partial charge in [-0.05, 0) is 94.4 Å². The fourth-order valence-corrected chi connectivity index (χ4v) is 11.6. The number of carbonyl (C=O) groups excluding carboxylic acids is 5.